The molecule has 0 N–H and O–H groups in total. The smallest absolute Gasteiger partial charge is 0.262 e. The fourth-order valence-corrected chi connectivity index (χ4v) is 6.98. The van der Waals surface area contributed by atoms with E-state index in [1.54, 1.807) is 7.05 Å². The molecule has 0 saturated carbocycles. The number of fused-ring (bicyclic) bond motifs is 3. The van der Waals surface area contributed by atoms with E-state index in [4.69, 9.17) is 0 Å². The van der Waals surface area contributed by atoms with Gasteiger partial charge in [-0.15, -0.1) is 0 Å². The highest BCUT2D eigenvalue weighted by Crippen LogP contribution is 2.44. The number of aromatic nitrogens is 3. The first-order valence-electron chi connectivity index (χ1n) is 15.5. The van der Waals surface area contributed by atoms with Crippen molar-refractivity contribution < 1.29 is 9.59 Å². The molecule has 0 atom stereocenters. The standard InChI is InChI=1S/C27H27N3O2.C12H15N/c1-14-8-10-20-18(12-14)22(16(3)28(20)5)24-25(27(32)30(7)26(24)31)23-17(4)29(6)21-11-9-15(2)13-19(21)23;1-8-5-6-12-11(7-8)9(2)10(3)13(12)4/h8-13H,1-7H3;5-7H,1-4H3. The van der Waals surface area contributed by atoms with E-state index in [2.05, 4.69) is 96.1 Å². The van der Waals surface area contributed by atoms with Crippen molar-refractivity contribution in [3.05, 3.63) is 105 Å². The second kappa shape index (κ2) is 10.7. The third kappa shape index (κ3) is 4.46. The molecule has 4 heterocycles. The first-order valence-corrected chi connectivity index (χ1v) is 15.5. The Kier molecular flexibility index (Phi) is 7.15. The van der Waals surface area contributed by atoms with Gasteiger partial charge in [-0.25, -0.2) is 0 Å². The minimum absolute atomic E-state index is 0.244. The Labute approximate surface area is 265 Å². The van der Waals surface area contributed by atoms with Gasteiger partial charge >= 0.3 is 0 Å². The molecule has 3 aromatic carbocycles. The van der Waals surface area contributed by atoms with Crippen molar-refractivity contribution in [3.63, 3.8) is 0 Å². The van der Waals surface area contributed by atoms with E-state index in [-0.39, 0.29) is 11.8 Å². The van der Waals surface area contributed by atoms with Crippen LogP contribution >= 0.6 is 0 Å². The summed E-state index contributed by atoms with van der Waals surface area (Å²) in [5.41, 5.74) is 14.4. The normalized spacial score (nSPS) is 13.6. The van der Waals surface area contributed by atoms with Gasteiger partial charge in [-0.05, 0) is 90.4 Å². The fourth-order valence-electron chi connectivity index (χ4n) is 6.98. The number of benzene rings is 3. The molecule has 1 aliphatic heterocycles. The largest absolute Gasteiger partial charge is 0.348 e. The summed E-state index contributed by atoms with van der Waals surface area (Å²) in [5.74, 6) is -0.489. The van der Waals surface area contributed by atoms with Crippen molar-refractivity contribution in [1.82, 2.24) is 18.6 Å². The van der Waals surface area contributed by atoms with Crippen LogP contribution in [-0.4, -0.2) is 37.5 Å². The summed E-state index contributed by atoms with van der Waals surface area (Å²) in [6.07, 6.45) is 0. The highest BCUT2D eigenvalue weighted by Gasteiger charge is 2.41. The molecule has 7 rings (SSSR count). The molecule has 6 heteroatoms. The van der Waals surface area contributed by atoms with E-state index in [9.17, 15) is 9.59 Å². The third-order valence-electron chi connectivity index (χ3n) is 10.0. The predicted octanol–water partition coefficient (Wildman–Crippen LogP) is 7.92. The van der Waals surface area contributed by atoms with Gasteiger partial charge in [0.1, 0.15) is 0 Å². The molecule has 0 saturated heterocycles. The number of hydrogen-bond acceptors (Lipinski definition) is 2. The maximum absolute atomic E-state index is 13.5. The van der Waals surface area contributed by atoms with E-state index >= 15 is 0 Å². The lowest BCUT2D eigenvalue weighted by Crippen LogP contribution is -2.26. The number of nitrogens with zero attached hydrogens (tertiary/aromatic N) is 4. The van der Waals surface area contributed by atoms with Crippen LogP contribution in [0.1, 0.15) is 50.5 Å². The zero-order chi connectivity index (χ0) is 32.6. The fraction of sp³-hybridized carbons (Fsp3) is 0.282. The number of likely N-dealkylation sites (N-methyl/N-ethyl adjacent to an activating group) is 1. The maximum Gasteiger partial charge on any atom is 0.262 e. The Morgan fingerprint density at radius 2 is 0.778 bits per heavy atom. The van der Waals surface area contributed by atoms with Crippen LogP contribution in [0.5, 0.6) is 0 Å². The molecule has 3 aromatic heterocycles. The predicted molar refractivity (Wildman–Crippen MR) is 187 cm³/mol. The molecule has 2 amide bonds. The highest BCUT2D eigenvalue weighted by molar-refractivity contribution is 6.51. The molecule has 1 aliphatic rings. The Bertz CT molecular complexity index is 2150. The molecule has 0 aliphatic carbocycles. The van der Waals surface area contributed by atoms with E-state index in [0.717, 1.165) is 55.4 Å². The minimum Gasteiger partial charge on any atom is -0.348 e. The number of imide groups is 1. The number of amides is 2. The van der Waals surface area contributed by atoms with Crippen LogP contribution in [0, 0.1) is 48.5 Å². The van der Waals surface area contributed by atoms with Crippen LogP contribution in [0.25, 0.3) is 43.9 Å². The summed E-state index contributed by atoms with van der Waals surface area (Å²) in [6, 6.07) is 19.2. The average Bonchev–Trinajstić information content (AvgIpc) is 3.56. The van der Waals surface area contributed by atoms with Crippen molar-refractivity contribution in [1.29, 1.82) is 0 Å². The maximum atomic E-state index is 13.5. The quantitative estimate of drug-likeness (QED) is 0.190. The zero-order valence-electron chi connectivity index (χ0n) is 28.3. The molecule has 0 bridgehead atoms. The average molecular weight is 599 g/mol. The van der Waals surface area contributed by atoms with Gasteiger partial charge in [0.2, 0.25) is 0 Å². The lowest BCUT2D eigenvalue weighted by atomic mass is 9.92. The van der Waals surface area contributed by atoms with Crippen LogP contribution in [-0.2, 0) is 30.7 Å². The van der Waals surface area contributed by atoms with Gasteiger partial charge in [0.25, 0.3) is 11.8 Å². The Morgan fingerprint density at radius 3 is 1.18 bits per heavy atom. The van der Waals surface area contributed by atoms with Gasteiger partial charge < -0.3 is 13.7 Å². The van der Waals surface area contributed by atoms with E-state index in [1.807, 2.05) is 41.8 Å². The first kappa shape index (κ1) is 30.2. The number of carbonyl (C=O) groups is 2. The molecule has 6 nitrogen and oxygen atoms in total. The second-order valence-corrected chi connectivity index (χ2v) is 12.8. The molecule has 0 fully saturated rings. The van der Waals surface area contributed by atoms with Crippen LogP contribution in [0.15, 0.2) is 54.6 Å². The lowest BCUT2D eigenvalue weighted by Gasteiger charge is -2.07. The van der Waals surface area contributed by atoms with Gasteiger partial charge in [-0.2, -0.15) is 0 Å². The third-order valence-corrected chi connectivity index (χ3v) is 10.0. The van der Waals surface area contributed by atoms with Gasteiger partial charge in [-0.3, -0.25) is 14.5 Å². The van der Waals surface area contributed by atoms with Gasteiger partial charge in [0, 0.05) is 89.1 Å². The topological polar surface area (TPSA) is 52.2 Å². The zero-order valence-corrected chi connectivity index (χ0v) is 28.3. The van der Waals surface area contributed by atoms with Crippen LogP contribution in [0.3, 0.4) is 0 Å². The van der Waals surface area contributed by atoms with Crippen molar-refractivity contribution in [2.75, 3.05) is 7.05 Å². The summed E-state index contributed by atoms with van der Waals surface area (Å²) in [6.45, 7) is 14.6. The van der Waals surface area contributed by atoms with Crippen molar-refractivity contribution in [2.45, 2.75) is 48.5 Å². The Morgan fingerprint density at radius 1 is 0.444 bits per heavy atom. The molecule has 6 aromatic rings. The molecule has 0 spiro atoms. The summed E-state index contributed by atoms with van der Waals surface area (Å²) in [5, 5.41) is 3.39. The monoisotopic (exact) mass is 598 g/mol. The summed E-state index contributed by atoms with van der Waals surface area (Å²) in [7, 11) is 7.72. The van der Waals surface area contributed by atoms with Crippen LogP contribution in [0.4, 0.5) is 0 Å². The number of aryl methyl sites for hydroxylation is 7. The highest BCUT2D eigenvalue weighted by atomic mass is 16.2. The molecular weight excluding hydrogens is 556 g/mol. The Balaban J connectivity index is 0.000000229. The molecule has 0 radical (unpaired) electrons. The van der Waals surface area contributed by atoms with Crippen molar-refractivity contribution in [3.8, 4) is 0 Å². The van der Waals surface area contributed by atoms with Crippen LogP contribution in [0.2, 0.25) is 0 Å². The van der Waals surface area contributed by atoms with E-state index in [0.29, 0.717) is 11.1 Å². The molecule has 230 valence electrons. The number of rotatable bonds is 2. The number of carbonyl (C=O) groups excluding carboxylic acids is 2. The van der Waals surface area contributed by atoms with Gasteiger partial charge in [-0.1, -0.05) is 34.9 Å². The van der Waals surface area contributed by atoms with E-state index in [1.165, 1.54) is 32.6 Å². The van der Waals surface area contributed by atoms with Crippen molar-refractivity contribution >= 4 is 55.7 Å². The van der Waals surface area contributed by atoms with Gasteiger partial charge in [0.15, 0.2) is 0 Å². The molecule has 0 unspecified atom stereocenters. The SMILES string of the molecule is Cc1ccc2c(c1)c(C)c(C)n2C.Cc1ccc2c(c1)c(C1=C(c3c(C)n(C)c4ccc(C)cc34)C(=O)N(C)C1=O)c(C)n2C. The molecular formula is C39H42N4O2. The van der Waals surface area contributed by atoms with Crippen LogP contribution < -0.4 is 0 Å². The minimum atomic E-state index is -0.244. The number of hydrogen-bond donors (Lipinski definition) is 0. The lowest BCUT2D eigenvalue weighted by molar-refractivity contribution is -0.134. The van der Waals surface area contributed by atoms with Crippen molar-refractivity contribution in [2.24, 2.45) is 21.1 Å². The Hall–Kier alpha value is -4.84. The second-order valence-electron chi connectivity index (χ2n) is 12.8. The van der Waals surface area contributed by atoms with E-state index < -0.39 is 0 Å². The first-order chi connectivity index (χ1) is 21.2. The van der Waals surface area contributed by atoms with Gasteiger partial charge in [0.05, 0.1) is 11.1 Å². The molecule has 45 heavy (non-hydrogen) atoms. The summed E-state index contributed by atoms with van der Waals surface area (Å²) >= 11 is 0. The summed E-state index contributed by atoms with van der Waals surface area (Å²) < 4.78 is 6.46. The summed E-state index contributed by atoms with van der Waals surface area (Å²) in [4.78, 5) is 28.3.